The normalized spacial score (nSPS) is 12.6. The predicted octanol–water partition coefficient (Wildman–Crippen LogP) is 0.688. The summed E-state index contributed by atoms with van der Waals surface area (Å²) in [6.45, 7) is 5.27. The Morgan fingerprint density at radius 2 is 2.11 bits per heavy atom. The number of ether oxygens (including phenoxy) is 1. The summed E-state index contributed by atoms with van der Waals surface area (Å²) in [5.41, 5.74) is 1.16. The van der Waals surface area contributed by atoms with Crippen LogP contribution < -0.4 is 5.56 Å². The van der Waals surface area contributed by atoms with Gasteiger partial charge in [0.1, 0.15) is 5.25 Å². The van der Waals surface area contributed by atoms with Gasteiger partial charge in [0, 0.05) is 11.3 Å². The number of rotatable bonds is 3. The third-order valence-corrected chi connectivity index (χ3v) is 3.91. The lowest BCUT2D eigenvalue weighted by molar-refractivity contribution is -0.139. The van der Waals surface area contributed by atoms with E-state index in [0.29, 0.717) is 16.5 Å². The summed E-state index contributed by atoms with van der Waals surface area (Å²) < 4.78 is 6.39. The van der Waals surface area contributed by atoms with E-state index in [1.54, 1.807) is 18.2 Å². The predicted molar refractivity (Wildman–Crippen MR) is 70.4 cm³/mol. The van der Waals surface area contributed by atoms with E-state index >= 15 is 0 Å². The fourth-order valence-electron chi connectivity index (χ4n) is 1.63. The molecule has 2 aromatic rings. The molecular formula is C11H14N4O3S. The summed E-state index contributed by atoms with van der Waals surface area (Å²) in [5, 5.41) is 8.04. The van der Waals surface area contributed by atoms with Crippen LogP contribution in [0.5, 0.6) is 0 Å². The number of carbonyl (C=O) groups excluding carboxylic acids is 1. The average molecular weight is 282 g/mol. The van der Waals surface area contributed by atoms with E-state index in [0.717, 1.165) is 5.69 Å². The summed E-state index contributed by atoms with van der Waals surface area (Å²) in [7, 11) is 1.34. The number of hydrogen-bond acceptors (Lipinski definition) is 6. The molecule has 1 atom stereocenters. The number of thioether (sulfide) groups is 1. The number of esters is 1. The zero-order valence-corrected chi connectivity index (χ0v) is 11.9. The van der Waals surface area contributed by atoms with Crippen LogP contribution in [0.2, 0.25) is 0 Å². The van der Waals surface area contributed by atoms with Gasteiger partial charge in [-0.1, -0.05) is 11.8 Å². The molecule has 19 heavy (non-hydrogen) atoms. The molecular weight excluding hydrogens is 268 g/mol. The number of aromatic nitrogens is 4. The Hall–Kier alpha value is -1.83. The SMILES string of the molecule is COC(=O)[C@H](C)Sc1nnc2[nH]c(=O)c(C)c(C)n12. The molecule has 0 aliphatic rings. The quantitative estimate of drug-likeness (QED) is 0.658. The zero-order chi connectivity index (χ0) is 14.2. The molecule has 0 aliphatic carbocycles. The van der Waals surface area contributed by atoms with Crippen molar-refractivity contribution in [3.8, 4) is 0 Å². The number of aryl methyl sites for hydroxylation is 1. The Morgan fingerprint density at radius 1 is 1.42 bits per heavy atom. The van der Waals surface area contributed by atoms with Crippen LogP contribution in [-0.4, -0.2) is 37.9 Å². The lowest BCUT2D eigenvalue weighted by Gasteiger charge is -2.09. The fraction of sp³-hybridized carbons (Fsp3) is 0.455. The molecule has 0 spiro atoms. The van der Waals surface area contributed by atoms with Gasteiger partial charge >= 0.3 is 5.97 Å². The second-order valence-corrected chi connectivity index (χ2v) is 5.40. The van der Waals surface area contributed by atoms with Gasteiger partial charge in [-0.2, -0.15) is 0 Å². The van der Waals surface area contributed by atoms with Crippen molar-refractivity contribution in [2.45, 2.75) is 31.2 Å². The van der Waals surface area contributed by atoms with E-state index in [4.69, 9.17) is 0 Å². The Kier molecular flexibility index (Phi) is 3.61. The third-order valence-electron chi connectivity index (χ3n) is 2.89. The molecule has 102 valence electrons. The van der Waals surface area contributed by atoms with Gasteiger partial charge in [-0.15, -0.1) is 10.2 Å². The highest BCUT2D eigenvalue weighted by Gasteiger charge is 2.20. The van der Waals surface area contributed by atoms with E-state index in [1.807, 2.05) is 6.92 Å². The summed E-state index contributed by atoms with van der Waals surface area (Å²) >= 11 is 1.23. The average Bonchev–Trinajstić information content (AvgIpc) is 2.77. The van der Waals surface area contributed by atoms with Crippen molar-refractivity contribution in [1.82, 2.24) is 19.6 Å². The number of nitrogens with zero attached hydrogens (tertiary/aromatic N) is 3. The molecule has 8 heteroatoms. The van der Waals surface area contributed by atoms with Crippen molar-refractivity contribution >= 4 is 23.5 Å². The fourth-order valence-corrected chi connectivity index (χ4v) is 2.55. The number of carbonyl (C=O) groups is 1. The molecule has 0 bridgehead atoms. The Bertz CT molecular complexity index is 691. The van der Waals surface area contributed by atoms with Crippen LogP contribution in [0.4, 0.5) is 0 Å². The smallest absolute Gasteiger partial charge is 0.318 e. The second-order valence-electron chi connectivity index (χ2n) is 4.09. The summed E-state index contributed by atoms with van der Waals surface area (Å²) in [4.78, 5) is 25.7. The van der Waals surface area contributed by atoms with Gasteiger partial charge in [-0.25, -0.2) is 0 Å². The number of H-pyrrole nitrogens is 1. The van der Waals surface area contributed by atoms with Gasteiger partial charge in [-0.3, -0.25) is 19.0 Å². The van der Waals surface area contributed by atoms with Crippen LogP contribution in [0, 0.1) is 13.8 Å². The minimum absolute atomic E-state index is 0.185. The van der Waals surface area contributed by atoms with Crippen molar-refractivity contribution in [1.29, 1.82) is 0 Å². The number of nitrogens with one attached hydrogen (secondary N) is 1. The molecule has 7 nitrogen and oxygen atoms in total. The van der Waals surface area contributed by atoms with Crippen molar-refractivity contribution < 1.29 is 9.53 Å². The lowest BCUT2D eigenvalue weighted by Crippen LogP contribution is -2.17. The number of hydrogen-bond donors (Lipinski definition) is 1. The van der Waals surface area contributed by atoms with Gasteiger partial charge < -0.3 is 4.74 Å². The van der Waals surface area contributed by atoms with Crippen LogP contribution in [0.3, 0.4) is 0 Å². The van der Waals surface area contributed by atoms with E-state index < -0.39 is 5.25 Å². The van der Waals surface area contributed by atoms with E-state index in [-0.39, 0.29) is 11.5 Å². The molecule has 2 rings (SSSR count). The van der Waals surface area contributed by atoms with Crippen molar-refractivity contribution in [3.63, 3.8) is 0 Å². The molecule has 0 radical (unpaired) electrons. The molecule has 0 fully saturated rings. The molecule has 0 saturated carbocycles. The van der Waals surface area contributed by atoms with Crippen LogP contribution in [0.15, 0.2) is 9.95 Å². The third kappa shape index (κ3) is 2.35. The first-order valence-corrected chi connectivity index (χ1v) is 6.52. The maximum atomic E-state index is 11.6. The van der Waals surface area contributed by atoms with E-state index in [2.05, 4.69) is 19.9 Å². The Morgan fingerprint density at radius 3 is 2.74 bits per heavy atom. The summed E-state index contributed by atoms with van der Waals surface area (Å²) in [6.07, 6.45) is 0. The van der Waals surface area contributed by atoms with E-state index in [9.17, 15) is 9.59 Å². The minimum atomic E-state index is -0.399. The van der Waals surface area contributed by atoms with E-state index in [1.165, 1.54) is 18.9 Å². The van der Waals surface area contributed by atoms with Crippen molar-refractivity contribution in [3.05, 3.63) is 21.6 Å². The highest BCUT2D eigenvalue weighted by molar-refractivity contribution is 8.00. The van der Waals surface area contributed by atoms with Gasteiger partial charge in [0.2, 0.25) is 5.78 Å². The standard InChI is InChI=1S/C11H14N4O3S/c1-5-6(2)15-10(12-8(5)16)13-14-11(15)19-7(3)9(17)18-4/h7H,1-4H3,(H,12,13,16)/t7-/m0/s1. The molecule has 0 amide bonds. The minimum Gasteiger partial charge on any atom is -0.468 e. The molecule has 1 N–H and O–H groups in total. The molecule has 2 aromatic heterocycles. The Balaban J connectivity index is 2.49. The van der Waals surface area contributed by atoms with Crippen molar-refractivity contribution in [2.75, 3.05) is 7.11 Å². The number of methoxy groups -OCH3 is 1. The maximum absolute atomic E-state index is 11.6. The number of aromatic amines is 1. The maximum Gasteiger partial charge on any atom is 0.318 e. The molecule has 0 aliphatic heterocycles. The van der Waals surface area contributed by atoms with Crippen molar-refractivity contribution in [2.24, 2.45) is 0 Å². The molecule has 0 aromatic carbocycles. The molecule has 2 heterocycles. The summed E-state index contributed by atoms with van der Waals surface area (Å²) in [5.74, 6) is 0.0354. The lowest BCUT2D eigenvalue weighted by atomic mass is 10.3. The topological polar surface area (TPSA) is 89.3 Å². The monoisotopic (exact) mass is 282 g/mol. The van der Waals surface area contributed by atoms with Gasteiger partial charge in [0.15, 0.2) is 5.16 Å². The first-order chi connectivity index (χ1) is 8.95. The van der Waals surface area contributed by atoms with Gasteiger partial charge in [-0.05, 0) is 20.8 Å². The zero-order valence-electron chi connectivity index (χ0n) is 11.1. The van der Waals surface area contributed by atoms with Crippen LogP contribution >= 0.6 is 11.8 Å². The van der Waals surface area contributed by atoms with Crippen LogP contribution in [0.1, 0.15) is 18.2 Å². The Labute approximate surface area is 113 Å². The highest BCUT2D eigenvalue weighted by atomic mass is 32.2. The first-order valence-electron chi connectivity index (χ1n) is 5.64. The van der Waals surface area contributed by atoms with Crippen LogP contribution in [-0.2, 0) is 9.53 Å². The molecule has 0 saturated heterocycles. The van der Waals surface area contributed by atoms with Crippen LogP contribution in [0.25, 0.3) is 5.78 Å². The number of fused-ring (bicyclic) bond motifs is 1. The first kappa shape index (κ1) is 13.6. The van der Waals surface area contributed by atoms with Gasteiger partial charge in [0.25, 0.3) is 5.56 Å². The highest BCUT2D eigenvalue weighted by Crippen LogP contribution is 2.23. The van der Waals surface area contributed by atoms with Gasteiger partial charge in [0.05, 0.1) is 7.11 Å². The largest absolute Gasteiger partial charge is 0.468 e. The second kappa shape index (κ2) is 5.04. The summed E-state index contributed by atoms with van der Waals surface area (Å²) in [6, 6.07) is 0. The molecule has 0 unspecified atom stereocenters.